The zero-order chi connectivity index (χ0) is 65.5. The van der Waals surface area contributed by atoms with E-state index in [1.54, 1.807) is 94.6 Å². The fraction of sp³-hybridized carbons (Fsp3) is 0.492. The molecule has 0 spiro atoms. The van der Waals surface area contributed by atoms with E-state index in [9.17, 15) is 63.3 Å². The van der Waals surface area contributed by atoms with Gasteiger partial charge in [-0.3, -0.25) is 48.1 Å². The highest BCUT2D eigenvalue weighted by molar-refractivity contribution is 7.80. The lowest BCUT2D eigenvalue weighted by molar-refractivity contribution is -0.142. The molecule has 2 heterocycles. The predicted molar refractivity (Wildman–Crippen MR) is 335 cm³/mol. The van der Waals surface area contributed by atoms with Gasteiger partial charge in [0.05, 0.1) is 18.7 Å². The lowest BCUT2D eigenvalue weighted by Crippen LogP contribution is -2.61. The molecule has 0 bridgehead atoms. The van der Waals surface area contributed by atoms with Crippen LogP contribution in [0.3, 0.4) is 0 Å². The second kappa shape index (κ2) is 34.7. The lowest BCUT2D eigenvalue weighted by atomic mass is 10.00. The summed E-state index contributed by atoms with van der Waals surface area (Å²) >= 11 is 4.26. The number of para-hydroxylation sites is 1. The van der Waals surface area contributed by atoms with E-state index in [1.807, 2.05) is 6.07 Å². The topological polar surface area (TPSA) is 437 Å². The molecule has 1 saturated heterocycles. The van der Waals surface area contributed by atoms with Gasteiger partial charge in [0.1, 0.15) is 54.1 Å². The van der Waals surface area contributed by atoms with Crippen molar-refractivity contribution in [1.82, 2.24) is 52.4 Å². The highest BCUT2D eigenvalue weighted by Gasteiger charge is 2.41. The van der Waals surface area contributed by atoms with E-state index in [2.05, 4.69) is 65.1 Å². The van der Waals surface area contributed by atoms with Gasteiger partial charge in [-0.1, -0.05) is 88.4 Å². The second-order valence-electron chi connectivity index (χ2n) is 23.0. The number of benzene rings is 3. The van der Waals surface area contributed by atoms with Crippen LogP contribution in [-0.2, 0) is 67.2 Å². The number of carboxylic acid groups (broad SMARTS) is 1. The Morgan fingerprint density at radius 2 is 1.24 bits per heavy atom. The zero-order valence-electron chi connectivity index (χ0n) is 50.7. The standard InChI is InChI=1S/C61H86N14O13S/c1-33(2)25-43(53(80)67-31-50(78)68-45(29-38-30-66-42-17-10-9-15-40(38)42)54(81)73-48(32-89)56(83)72-47(60(87)88)28-36-13-7-6-8-14-36)70-58(85)51(35(5)76)74-55(82)44(26-34(3)4)69-57(84)49-18-12-24-75(49)59(86)46(27-37-19-21-39(77)22-20-37)71-52(79)41(62)16-11-23-65-61(63)64/h6-10,13-15,17,19-22,30,33-35,41,43-49,51,66,76-77,89H,11-12,16,18,23-29,31-32,62H2,1-5H3,(H,67,80)(H,68,78)(H,69,84)(H,70,85)(H,71,79)(H,72,83)(H,73,81)(H,74,82)(H,87,88)(H4,63,64,65)/t35-,41+,43+,44+,45+,46+,47+,48+,49+,51+/m1/s1. The average molecular weight is 1260 g/mol. The van der Waals surface area contributed by atoms with E-state index in [-0.39, 0.29) is 87.3 Å². The summed E-state index contributed by atoms with van der Waals surface area (Å²) in [5, 5.41) is 52.3. The quantitative estimate of drug-likeness (QED) is 0.0119. The molecule has 3 aromatic carbocycles. The number of carbonyl (C=O) groups excluding carboxylic acids is 9. The number of phenolic OH excluding ortho intramolecular Hbond substituents is 1. The smallest absolute Gasteiger partial charge is 0.326 e. The molecule has 89 heavy (non-hydrogen) atoms. The van der Waals surface area contributed by atoms with Gasteiger partial charge < -0.3 is 84.9 Å². The molecule has 18 N–H and O–H groups in total. The van der Waals surface area contributed by atoms with Crippen molar-refractivity contribution >= 4 is 88.6 Å². The minimum absolute atomic E-state index is 0.0160. The fourth-order valence-electron chi connectivity index (χ4n) is 10.1. The van der Waals surface area contributed by atoms with E-state index in [4.69, 9.17) is 17.2 Å². The minimum Gasteiger partial charge on any atom is -0.508 e. The average Bonchev–Trinajstić information content (AvgIpc) is 2.41. The number of aliphatic hydroxyl groups excluding tert-OH is 1. The van der Waals surface area contributed by atoms with Crippen molar-refractivity contribution in [3.05, 3.63) is 102 Å². The number of thiol groups is 1. The Bertz CT molecular complexity index is 3100. The van der Waals surface area contributed by atoms with Crippen LogP contribution in [0.15, 0.2) is 90.1 Å². The number of carboxylic acids is 1. The molecule has 0 saturated carbocycles. The number of phenols is 1. The lowest BCUT2D eigenvalue weighted by Gasteiger charge is -2.31. The van der Waals surface area contributed by atoms with Gasteiger partial charge in [0.2, 0.25) is 53.2 Å². The van der Waals surface area contributed by atoms with Gasteiger partial charge in [-0.05, 0) is 92.2 Å². The number of aliphatic hydroxyl groups is 1. The molecule has 1 aromatic heterocycles. The number of likely N-dealkylation sites (tertiary alicyclic amines) is 1. The summed E-state index contributed by atoms with van der Waals surface area (Å²) in [6.45, 7) is 8.00. The Labute approximate surface area is 522 Å². The SMILES string of the molecule is CC(C)C[C@H](NC(=O)[C@@H](NC(=O)[C@H](CC(C)C)NC(=O)[C@@H]1CCCN1C(=O)[C@H](Cc1ccc(O)cc1)NC(=O)[C@@H](N)CCCN=C(N)N)[C@@H](C)O)C(=O)NCC(=O)N[C@@H](Cc1c[nH]c2ccccc12)C(=O)N[C@@H](CS)C(=O)N[C@@H](Cc1ccccc1)C(=O)O. The predicted octanol–water partition coefficient (Wildman–Crippen LogP) is -0.730. The van der Waals surface area contributed by atoms with Gasteiger partial charge in [-0.25, -0.2) is 4.79 Å². The van der Waals surface area contributed by atoms with Crippen LogP contribution < -0.4 is 59.7 Å². The summed E-state index contributed by atoms with van der Waals surface area (Å²) in [4.78, 5) is 146. The first-order valence-electron chi connectivity index (χ1n) is 29.6. The number of aliphatic imine (C=N–C) groups is 1. The van der Waals surface area contributed by atoms with Crippen LogP contribution in [0, 0.1) is 11.8 Å². The van der Waals surface area contributed by atoms with Crippen LogP contribution in [-0.4, -0.2) is 176 Å². The molecular formula is C61H86N14O13S. The molecule has 484 valence electrons. The number of rotatable bonds is 34. The number of aromatic amines is 1. The molecule has 0 radical (unpaired) electrons. The van der Waals surface area contributed by atoms with Crippen LogP contribution in [0.4, 0.5) is 0 Å². The summed E-state index contributed by atoms with van der Waals surface area (Å²) in [5.41, 5.74) is 19.6. The first-order chi connectivity index (χ1) is 42.2. The number of nitrogens with zero attached hydrogens (tertiary/aromatic N) is 2. The molecule has 27 nitrogen and oxygen atoms in total. The molecule has 10 atom stereocenters. The normalized spacial score (nSPS) is 16.0. The number of nitrogens with one attached hydrogen (secondary N) is 9. The van der Waals surface area contributed by atoms with Crippen molar-refractivity contribution in [3.63, 3.8) is 0 Å². The number of guanidine groups is 1. The van der Waals surface area contributed by atoms with Crippen molar-refractivity contribution in [3.8, 4) is 5.75 Å². The molecule has 1 aliphatic heterocycles. The largest absolute Gasteiger partial charge is 0.508 e. The van der Waals surface area contributed by atoms with E-state index in [0.717, 1.165) is 10.9 Å². The minimum atomic E-state index is -1.68. The number of H-pyrrole nitrogens is 1. The van der Waals surface area contributed by atoms with Crippen LogP contribution in [0.1, 0.15) is 89.8 Å². The molecule has 9 amide bonds. The van der Waals surface area contributed by atoms with Crippen molar-refractivity contribution in [2.75, 3.05) is 25.4 Å². The molecule has 28 heteroatoms. The van der Waals surface area contributed by atoms with E-state index < -0.39 is 126 Å². The van der Waals surface area contributed by atoms with Gasteiger partial charge >= 0.3 is 5.97 Å². The van der Waals surface area contributed by atoms with E-state index in [1.165, 1.54) is 24.0 Å². The Morgan fingerprint density at radius 3 is 1.87 bits per heavy atom. The number of aliphatic carboxylic acids is 1. The van der Waals surface area contributed by atoms with Crippen LogP contribution >= 0.6 is 12.6 Å². The maximum absolute atomic E-state index is 14.4. The highest BCUT2D eigenvalue weighted by atomic mass is 32.1. The fourth-order valence-corrected chi connectivity index (χ4v) is 10.4. The maximum atomic E-state index is 14.4. The van der Waals surface area contributed by atoms with Gasteiger partial charge in [0.15, 0.2) is 5.96 Å². The summed E-state index contributed by atoms with van der Waals surface area (Å²) in [6.07, 6.45) is 1.13. The van der Waals surface area contributed by atoms with Crippen molar-refractivity contribution < 1.29 is 63.3 Å². The molecule has 1 fully saturated rings. The number of hydrogen-bond acceptors (Lipinski definition) is 15. The Kier molecular flexibility index (Phi) is 27.7. The number of aromatic nitrogens is 1. The third-order valence-corrected chi connectivity index (χ3v) is 15.1. The molecule has 4 aromatic rings. The third kappa shape index (κ3) is 22.4. The van der Waals surface area contributed by atoms with Crippen molar-refractivity contribution in [1.29, 1.82) is 0 Å². The molecule has 0 aliphatic carbocycles. The van der Waals surface area contributed by atoms with Crippen LogP contribution in [0.2, 0.25) is 0 Å². The summed E-state index contributed by atoms with van der Waals surface area (Å²) in [5.74, 6) is -9.27. The van der Waals surface area contributed by atoms with Gasteiger partial charge in [0.25, 0.3) is 0 Å². The monoisotopic (exact) mass is 1250 g/mol. The van der Waals surface area contributed by atoms with Crippen molar-refractivity contribution in [2.45, 2.75) is 153 Å². The molecule has 0 unspecified atom stereocenters. The van der Waals surface area contributed by atoms with E-state index >= 15 is 0 Å². The van der Waals surface area contributed by atoms with Crippen LogP contribution in [0.5, 0.6) is 5.75 Å². The third-order valence-electron chi connectivity index (χ3n) is 14.8. The first kappa shape index (κ1) is 71.0. The molecule has 5 rings (SSSR count). The number of amides is 9. The van der Waals surface area contributed by atoms with Crippen LogP contribution in [0.25, 0.3) is 10.9 Å². The van der Waals surface area contributed by atoms with Crippen molar-refractivity contribution in [2.24, 2.45) is 34.0 Å². The zero-order valence-corrected chi connectivity index (χ0v) is 51.6. The summed E-state index contributed by atoms with van der Waals surface area (Å²) < 4.78 is 0. The second-order valence-corrected chi connectivity index (χ2v) is 23.4. The maximum Gasteiger partial charge on any atom is 0.326 e. The molecular weight excluding hydrogens is 1170 g/mol. The number of fused-ring (bicyclic) bond motifs is 1. The Balaban J connectivity index is 1.26. The number of hydrogen-bond donors (Lipinski definition) is 16. The first-order valence-corrected chi connectivity index (χ1v) is 30.3. The molecule has 1 aliphatic rings. The van der Waals surface area contributed by atoms with Gasteiger partial charge in [0, 0.05) is 55.2 Å². The Hall–Kier alpha value is -8.76. The van der Waals surface area contributed by atoms with E-state index in [0.29, 0.717) is 29.5 Å². The summed E-state index contributed by atoms with van der Waals surface area (Å²) in [6, 6.07) is 10.1. The number of aromatic hydroxyl groups is 1. The highest BCUT2D eigenvalue weighted by Crippen LogP contribution is 2.23. The number of nitrogens with two attached hydrogens (primary N) is 3. The summed E-state index contributed by atoms with van der Waals surface area (Å²) in [7, 11) is 0. The number of carbonyl (C=O) groups is 10. The Morgan fingerprint density at radius 1 is 0.663 bits per heavy atom. The van der Waals surface area contributed by atoms with Gasteiger partial charge in [-0.2, -0.15) is 12.6 Å². The van der Waals surface area contributed by atoms with Gasteiger partial charge in [-0.15, -0.1) is 0 Å².